The number of hydrogen-bond acceptors (Lipinski definition) is 3. The van der Waals surface area contributed by atoms with Gasteiger partial charge >= 0.3 is 0 Å². The summed E-state index contributed by atoms with van der Waals surface area (Å²) < 4.78 is 0. The highest BCUT2D eigenvalue weighted by molar-refractivity contribution is 5.95. The van der Waals surface area contributed by atoms with Crippen LogP contribution in [0.4, 0.5) is 5.69 Å². The van der Waals surface area contributed by atoms with Crippen LogP contribution in [0.3, 0.4) is 0 Å². The molecule has 4 nitrogen and oxygen atoms in total. The Bertz CT molecular complexity index is 505. The lowest BCUT2D eigenvalue weighted by molar-refractivity contribution is 0.0936. The molecular weight excluding hydrogens is 238 g/mol. The van der Waals surface area contributed by atoms with Crippen LogP contribution in [0.2, 0.25) is 0 Å². The van der Waals surface area contributed by atoms with Gasteiger partial charge in [0.2, 0.25) is 0 Å². The number of nitriles is 1. The summed E-state index contributed by atoms with van der Waals surface area (Å²) in [6.07, 6.45) is 3.24. The van der Waals surface area contributed by atoms with Crippen LogP contribution in [0.15, 0.2) is 18.2 Å². The number of hydrogen-bond donors (Lipinski definition) is 2. The number of anilines is 1. The molecule has 1 heterocycles. The van der Waals surface area contributed by atoms with Crippen molar-refractivity contribution < 1.29 is 4.79 Å². The first-order chi connectivity index (χ1) is 9.24. The molecule has 4 heteroatoms. The molecule has 1 aromatic carbocycles. The van der Waals surface area contributed by atoms with Crippen LogP contribution in [0.25, 0.3) is 0 Å². The smallest absolute Gasteiger partial charge is 0.251 e. The number of nitrogens with one attached hydrogen (secondary N) is 2. The maximum absolute atomic E-state index is 12.1. The van der Waals surface area contributed by atoms with E-state index in [4.69, 9.17) is 5.26 Å². The van der Waals surface area contributed by atoms with Crippen molar-refractivity contribution in [1.82, 2.24) is 5.32 Å². The SMILES string of the molecule is CCC(CC#N)NC(=O)c1ccc2c(c1)CCCN2. The maximum atomic E-state index is 12.1. The second-order valence-electron chi connectivity index (χ2n) is 4.84. The van der Waals surface area contributed by atoms with Crippen molar-refractivity contribution in [2.75, 3.05) is 11.9 Å². The molecule has 1 aliphatic rings. The molecule has 0 radical (unpaired) electrons. The Hall–Kier alpha value is -2.02. The topological polar surface area (TPSA) is 64.9 Å². The summed E-state index contributed by atoms with van der Waals surface area (Å²) >= 11 is 0. The number of aryl methyl sites for hydroxylation is 1. The monoisotopic (exact) mass is 257 g/mol. The van der Waals surface area contributed by atoms with Gasteiger partial charge in [0.05, 0.1) is 12.5 Å². The van der Waals surface area contributed by atoms with Gasteiger partial charge in [-0.1, -0.05) is 6.92 Å². The van der Waals surface area contributed by atoms with Crippen molar-refractivity contribution in [2.24, 2.45) is 0 Å². The van der Waals surface area contributed by atoms with Crippen LogP contribution < -0.4 is 10.6 Å². The Kier molecular flexibility index (Phi) is 4.40. The Morgan fingerprint density at radius 2 is 2.42 bits per heavy atom. The predicted molar refractivity (Wildman–Crippen MR) is 75.0 cm³/mol. The van der Waals surface area contributed by atoms with Crippen molar-refractivity contribution in [3.05, 3.63) is 29.3 Å². The van der Waals surface area contributed by atoms with E-state index in [1.54, 1.807) is 0 Å². The largest absolute Gasteiger partial charge is 0.385 e. The lowest BCUT2D eigenvalue weighted by Crippen LogP contribution is -2.34. The fourth-order valence-corrected chi connectivity index (χ4v) is 2.29. The molecule has 0 aromatic heterocycles. The molecule has 2 rings (SSSR count). The van der Waals surface area contributed by atoms with E-state index in [0.717, 1.165) is 31.5 Å². The fourth-order valence-electron chi connectivity index (χ4n) is 2.29. The van der Waals surface area contributed by atoms with E-state index in [-0.39, 0.29) is 11.9 Å². The Balaban J connectivity index is 2.09. The molecule has 0 saturated carbocycles. The summed E-state index contributed by atoms with van der Waals surface area (Å²) in [4.78, 5) is 12.1. The van der Waals surface area contributed by atoms with E-state index in [0.29, 0.717) is 12.0 Å². The van der Waals surface area contributed by atoms with Crippen molar-refractivity contribution in [3.63, 3.8) is 0 Å². The average molecular weight is 257 g/mol. The van der Waals surface area contributed by atoms with E-state index >= 15 is 0 Å². The number of carbonyl (C=O) groups excluding carboxylic acids is 1. The lowest BCUT2D eigenvalue weighted by atomic mass is 10.0. The van der Waals surface area contributed by atoms with E-state index in [1.165, 1.54) is 5.56 Å². The van der Waals surface area contributed by atoms with Gasteiger partial charge < -0.3 is 10.6 Å². The minimum absolute atomic E-state index is 0.0633. The van der Waals surface area contributed by atoms with Gasteiger partial charge in [-0.3, -0.25) is 4.79 Å². The van der Waals surface area contributed by atoms with E-state index in [1.807, 2.05) is 25.1 Å². The Labute approximate surface area is 113 Å². The number of benzene rings is 1. The first-order valence-corrected chi connectivity index (χ1v) is 6.79. The number of carbonyl (C=O) groups is 1. The second kappa shape index (κ2) is 6.24. The molecule has 19 heavy (non-hydrogen) atoms. The highest BCUT2D eigenvalue weighted by Gasteiger charge is 2.15. The van der Waals surface area contributed by atoms with Crippen molar-refractivity contribution in [1.29, 1.82) is 5.26 Å². The second-order valence-corrected chi connectivity index (χ2v) is 4.84. The van der Waals surface area contributed by atoms with Gasteiger partial charge in [0.1, 0.15) is 0 Å². The quantitative estimate of drug-likeness (QED) is 0.870. The number of rotatable bonds is 4. The zero-order valence-corrected chi connectivity index (χ0v) is 11.2. The number of fused-ring (bicyclic) bond motifs is 1. The molecule has 0 bridgehead atoms. The van der Waals surface area contributed by atoms with Crippen LogP contribution in [-0.2, 0) is 6.42 Å². The molecule has 0 aliphatic carbocycles. The molecule has 2 N–H and O–H groups in total. The van der Waals surface area contributed by atoms with Gasteiger partial charge in [0.15, 0.2) is 0 Å². The molecule has 1 aliphatic heterocycles. The van der Waals surface area contributed by atoms with E-state index in [9.17, 15) is 4.79 Å². The Morgan fingerprint density at radius 1 is 1.58 bits per heavy atom. The van der Waals surface area contributed by atoms with Crippen LogP contribution in [0.5, 0.6) is 0 Å². The molecule has 0 spiro atoms. The average Bonchev–Trinajstić information content (AvgIpc) is 2.46. The van der Waals surface area contributed by atoms with Crippen LogP contribution >= 0.6 is 0 Å². The number of nitrogens with zero attached hydrogens (tertiary/aromatic N) is 1. The van der Waals surface area contributed by atoms with Crippen molar-refractivity contribution >= 4 is 11.6 Å². The maximum Gasteiger partial charge on any atom is 0.251 e. The Morgan fingerprint density at radius 3 is 3.16 bits per heavy atom. The third kappa shape index (κ3) is 3.25. The first kappa shape index (κ1) is 13.4. The first-order valence-electron chi connectivity index (χ1n) is 6.79. The summed E-state index contributed by atoms with van der Waals surface area (Å²) in [6.45, 7) is 2.97. The van der Waals surface area contributed by atoms with Gasteiger partial charge in [-0.05, 0) is 43.0 Å². The minimum atomic E-state index is -0.0875. The summed E-state index contributed by atoms with van der Waals surface area (Å²) in [6, 6.07) is 7.80. The van der Waals surface area contributed by atoms with Gasteiger partial charge in [-0.25, -0.2) is 0 Å². The predicted octanol–water partition coefficient (Wildman–Crippen LogP) is 2.47. The van der Waals surface area contributed by atoms with Crippen LogP contribution in [-0.4, -0.2) is 18.5 Å². The molecule has 100 valence electrons. The number of amides is 1. The zero-order valence-electron chi connectivity index (χ0n) is 11.2. The highest BCUT2D eigenvalue weighted by Crippen LogP contribution is 2.22. The van der Waals surface area contributed by atoms with E-state index in [2.05, 4.69) is 16.7 Å². The molecule has 1 atom stereocenters. The molecule has 0 fully saturated rings. The normalized spacial score (nSPS) is 14.7. The van der Waals surface area contributed by atoms with Crippen LogP contribution in [0, 0.1) is 11.3 Å². The van der Waals surface area contributed by atoms with Gasteiger partial charge in [-0.2, -0.15) is 5.26 Å². The molecule has 1 aromatic rings. The molecule has 1 unspecified atom stereocenters. The third-order valence-corrected chi connectivity index (χ3v) is 3.47. The van der Waals surface area contributed by atoms with Crippen LogP contribution in [0.1, 0.15) is 42.1 Å². The minimum Gasteiger partial charge on any atom is -0.385 e. The third-order valence-electron chi connectivity index (χ3n) is 3.47. The lowest BCUT2D eigenvalue weighted by Gasteiger charge is -2.19. The highest BCUT2D eigenvalue weighted by atomic mass is 16.1. The van der Waals surface area contributed by atoms with Crippen molar-refractivity contribution in [3.8, 4) is 6.07 Å². The summed E-state index contributed by atoms with van der Waals surface area (Å²) in [7, 11) is 0. The standard InChI is InChI=1S/C15H19N3O/c1-2-13(7-8-16)18-15(19)12-5-6-14-11(10-12)4-3-9-17-14/h5-6,10,13,17H,2-4,7,9H2,1H3,(H,18,19). The molecule has 1 amide bonds. The van der Waals surface area contributed by atoms with E-state index < -0.39 is 0 Å². The van der Waals surface area contributed by atoms with Gasteiger partial charge in [-0.15, -0.1) is 0 Å². The van der Waals surface area contributed by atoms with Crippen molar-refractivity contribution in [2.45, 2.75) is 38.6 Å². The van der Waals surface area contributed by atoms with Gasteiger partial charge in [0.25, 0.3) is 5.91 Å². The zero-order chi connectivity index (χ0) is 13.7. The van der Waals surface area contributed by atoms with Gasteiger partial charge in [0, 0.05) is 23.8 Å². The molecular formula is C15H19N3O. The fraction of sp³-hybridized carbons (Fsp3) is 0.467. The summed E-state index contributed by atoms with van der Waals surface area (Å²) in [5.74, 6) is -0.0875. The summed E-state index contributed by atoms with van der Waals surface area (Å²) in [5, 5.41) is 14.9. The molecule has 0 saturated heterocycles. The summed E-state index contributed by atoms with van der Waals surface area (Å²) in [5.41, 5.74) is 3.01.